The molecule has 0 unspecified atom stereocenters. The Kier molecular flexibility index (Phi) is 10.1. The lowest BCUT2D eigenvalue weighted by atomic mass is 9.95. The van der Waals surface area contributed by atoms with Gasteiger partial charge in [0.15, 0.2) is 0 Å². The molecule has 5 rings (SSSR count). The Morgan fingerprint density at radius 1 is 0.531 bits per heavy atom. The third kappa shape index (κ3) is 7.73. The van der Waals surface area contributed by atoms with Crippen molar-refractivity contribution in [3.63, 3.8) is 0 Å². The van der Waals surface area contributed by atoms with Crippen LogP contribution in [-0.2, 0) is 18.7 Å². The minimum atomic E-state index is -5.15. The van der Waals surface area contributed by atoms with Crippen molar-refractivity contribution in [1.82, 2.24) is 0 Å². The molecule has 12 heteroatoms. The summed E-state index contributed by atoms with van der Waals surface area (Å²) < 4.78 is 161. The van der Waals surface area contributed by atoms with Gasteiger partial charge in [0.2, 0.25) is 0 Å². The average molecular weight is 695 g/mol. The summed E-state index contributed by atoms with van der Waals surface area (Å²) in [5.41, 5.74) is -3.79. The van der Waals surface area contributed by atoms with Crippen LogP contribution in [0.1, 0.15) is 42.9 Å². The Hall–Kier alpha value is -4.87. The summed E-state index contributed by atoms with van der Waals surface area (Å²) in [4.78, 5) is 0. The Bertz CT molecular complexity index is 1940. The highest BCUT2D eigenvalue weighted by Crippen LogP contribution is 2.40. The van der Waals surface area contributed by atoms with Crippen LogP contribution in [0, 0.1) is 34.9 Å². The van der Waals surface area contributed by atoms with Crippen molar-refractivity contribution in [2.24, 2.45) is 0 Å². The second-order valence-corrected chi connectivity index (χ2v) is 11.2. The van der Waals surface area contributed by atoms with Gasteiger partial charge in [-0.1, -0.05) is 56.2 Å². The van der Waals surface area contributed by atoms with E-state index in [1.54, 1.807) is 6.07 Å². The van der Waals surface area contributed by atoms with Crippen molar-refractivity contribution in [2.45, 2.75) is 44.9 Å². The fourth-order valence-corrected chi connectivity index (χ4v) is 5.36. The number of aryl methyl sites for hydroxylation is 1. The van der Waals surface area contributed by atoms with Crippen LogP contribution in [0.3, 0.4) is 0 Å². The van der Waals surface area contributed by atoms with Crippen LogP contribution in [0.2, 0.25) is 0 Å². The maximum absolute atomic E-state index is 15.3. The van der Waals surface area contributed by atoms with Gasteiger partial charge in [0.25, 0.3) is 0 Å². The molecule has 1 nitrogen and oxygen atoms in total. The second kappa shape index (κ2) is 13.9. The largest absolute Gasteiger partial charge is 0.432 e. The molecule has 0 heterocycles. The molecule has 49 heavy (non-hydrogen) atoms. The highest BCUT2D eigenvalue weighted by Gasteiger charge is 2.42. The molecule has 0 saturated carbocycles. The van der Waals surface area contributed by atoms with Crippen LogP contribution in [0.15, 0.2) is 84.9 Å². The fraction of sp³-hybridized carbons (Fsp3) is 0.189. The molecule has 256 valence electrons. The van der Waals surface area contributed by atoms with Gasteiger partial charge in [0.1, 0.15) is 46.2 Å². The second-order valence-electron chi connectivity index (χ2n) is 11.2. The molecular weight excluding hydrogens is 669 g/mol. The zero-order chi connectivity index (χ0) is 35.7. The molecule has 0 aliphatic carbocycles. The van der Waals surface area contributed by atoms with Gasteiger partial charge < -0.3 is 4.74 Å². The maximum Gasteiger partial charge on any atom is 0.432 e. The predicted octanol–water partition coefficient (Wildman–Crippen LogP) is 12.4. The molecule has 0 aliphatic heterocycles. The fourth-order valence-electron chi connectivity index (χ4n) is 5.36. The smallest absolute Gasteiger partial charge is 0.429 e. The van der Waals surface area contributed by atoms with Crippen molar-refractivity contribution < 1.29 is 53.0 Å². The lowest BCUT2D eigenvalue weighted by Gasteiger charge is -2.20. The van der Waals surface area contributed by atoms with Crippen LogP contribution in [-0.4, -0.2) is 0 Å². The molecule has 5 aromatic rings. The van der Waals surface area contributed by atoms with Crippen molar-refractivity contribution >= 4 is 0 Å². The zero-order valence-corrected chi connectivity index (χ0v) is 25.5. The number of ether oxygens (including phenoxy) is 1. The van der Waals surface area contributed by atoms with Gasteiger partial charge in [-0.25, -0.2) is 26.3 Å². The summed E-state index contributed by atoms with van der Waals surface area (Å²) in [6.45, 7) is 2.11. The van der Waals surface area contributed by atoms with Crippen LogP contribution in [0.25, 0.3) is 33.4 Å². The van der Waals surface area contributed by atoms with Gasteiger partial charge in [-0.2, -0.15) is 22.0 Å². The van der Waals surface area contributed by atoms with Crippen LogP contribution >= 0.6 is 0 Å². The van der Waals surface area contributed by atoms with Gasteiger partial charge >= 0.3 is 12.3 Å². The lowest BCUT2D eigenvalue weighted by molar-refractivity contribution is -0.189. The van der Waals surface area contributed by atoms with Crippen LogP contribution < -0.4 is 4.74 Å². The van der Waals surface area contributed by atoms with Crippen LogP contribution in [0.5, 0.6) is 5.75 Å². The summed E-state index contributed by atoms with van der Waals surface area (Å²) in [6.07, 6.45) is -5.91. The van der Waals surface area contributed by atoms with Crippen molar-refractivity contribution in [3.8, 4) is 39.1 Å². The van der Waals surface area contributed by atoms with E-state index in [4.69, 9.17) is 0 Å². The molecule has 0 radical (unpaired) electrons. The molecule has 0 aromatic heterocycles. The highest BCUT2D eigenvalue weighted by atomic mass is 19.4. The Balaban J connectivity index is 1.39. The number of unbranched alkanes of at least 4 members (excludes halogenated alkanes) is 2. The molecule has 0 fully saturated rings. The first-order valence-electron chi connectivity index (χ1n) is 14.9. The van der Waals surface area contributed by atoms with Crippen molar-refractivity contribution in [3.05, 3.63) is 137 Å². The van der Waals surface area contributed by atoms with E-state index >= 15 is 13.2 Å². The molecule has 5 aromatic carbocycles. The van der Waals surface area contributed by atoms with Gasteiger partial charge in [-0.3, -0.25) is 0 Å². The molecule has 0 N–H and O–H groups in total. The standard InChI is InChI=1S/C37H25F11O/c1-2-3-4-5-20-6-8-21(9-7-20)22-10-12-26(28(38)14-22)23-15-30(40)34(31(41)16-23)24-17-32(42)35(33(43)18-24)37(47,48)49-25-11-13-27(29(39)19-25)36(44,45)46/h6-19H,2-5H2,1H3. The van der Waals surface area contributed by atoms with E-state index in [1.807, 2.05) is 24.3 Å². The van der Waals surface area contributed by atoms with Gasteiger partial charge in [0, 0.05) is 11.6 Å². The first-order chi connectivity index (χ1) is 23.1. The summed E-state index contributed by atoms with van der Waals surface area (Å²) >= 11 is 0. The molecule has 0 saturated heterocycles. The van der Waals surface area contributed by atoms with E-state index < -0.39 is 75.2 Å². The highest BCUT2D eigenvalue weighted by molar-refractivity contribution is 5.75. The summed E-state index contributed by atoms with van der Waals surface area (Å²) in [6, 6.07) is 13.8. The van der Waals surface area contributed by atoms with Crippen molar-refractivity contribution in [2.75, 3.05) is 0 Å². The van der Waals surface area contributed by atoms with Gasteiger partial charge in [-0.15, -0.1) is 0 Å². The molecule has 0 bridgehead atoms. The minimum absolute atomic E-state index is 0.0455. The van der Waals surface area contributed by atoms with E-state index in [9.17, 15) is 35.1 Å². The molecule has 0 amide bonds. The SMILES string of the molecule is CCCCCc1ccc(-c2ccc(-c3cc(F)c(-c4cc(F)c(C(F)(F)Oc5ccc(C(F)(F)F)c(F)c5)c(F)c4)c(F)c3)c(F)c2)cc1. The minimum Gasteiger partial charge on any atom is -0.429 e. The van der Waals surface area contributed by atoms with E-state index in [2.05, 4.69) is 11.7 Å². The van der Waals surface area contributed by atoms with Crippen LogP contribution in [0.4, 0.5) is 48.3 Å². The number of rotatable bonds is 10. The number of benzene rings is 5. The number of hydrogen-bond donors (Lipinski definition) is 0. The number of halogens is 11. The normalized spacial score (nSPS) is 12.0. The lowest BCUT2D eigenvalue weighted by Crippen LogP contribution is -2.25. The summed E-state index contributed by atoms with van der Waals surface area (Å²) in [5.74, 6) is -10.9. The molecule has 0 atom stereocenters. The third-order valence-corrected chi connectivity index (χ3v) is 7.79. The number of alkyl halides is 5. The van der Waals surface area contributed by atoms with Crippen molar-refractivity contribution in [1.29, 1.82) is 0 Å². The molecular formula is C37H25F11O. The first-order valence-corrected chi connectivity index (χ1v) is 14.9. The van der Waals surface area contributed by atoms with E-state index in [-0.39, 0.29) is 35.4 Å². The summed E-state index contributed by atoms with van der Waals surface area (Å²) in [7, 11) is 0. The first kappa shape index (κ1) is 35.4. The number of hydrogen-bond acceptors (Lipinski definition) is 1. The molecule has 0 spiro atoms. The molecule has 0 aliphatic rings. The third-order valence-electron chi connectivity index (χ3n) is 7.79. The summed E-state index contributed by atoms with van der Waals surface area (Å²) in [5, 5.41) is 0. The van der Waals surface area contributed by atoms with Gasteiger partial charge in [0.05, 0.1) is 11.1 Å². The maximum atomic E-state index is 15.3. The van der Waals surface area contributed by atoms with E-state index in [1.165, 1.54) is 12.1 Å². The Morgan fingerprint density at radius 2 is 1.10 bits per heavy atom. The van der Waals surface area contributed by atoms with E-state index in [0.29, 0.717) is 29.3 Å². The topological polar surface area (TPSA) is 9.23 Å². The predicted molar refractivity (Wildman–Crippen MR) is 162 cm³/mol. The average Bonchev–Trinajstić information content (AvgIpc) is 3.00. The van der Waals surface area contributed by atoms with E-state index in [0.717, 1.165) is 31.2 Å². The Morgan fingerprint density at radius 3 is 1.65 bits per heavy atom. The van der Waals surface area contributed by atoms with Gasteiger partial charge in [-0.05, 0) is 83.1 Å². The monoisotopic (exact) mass is 694 g/mol. The zero-order valence-electron chi connectivity index (χ0n) is 25.5. The Labute approximate surface area is 273 Å². The quantitative estimate of drug-likeness (QED) is 0.104.